The number of ether oxygens (including phenoxy) is 1. The second-order valence-corrected chi connectivity index (χ2v) is 3.12. The molecule has 78 valence electrons. The number of hydrogen-bond donors (Lipinski definition) is 2. The Labute approximate surface area is 87.1 Å². The van der Waals surface area contributed by atoms with Crippen molar-refractivity contribution in [2.75, 3.05) is 13.7 Å². The van der Waals surface area contributed by atoms with Gasteiger partial charge in [0.25, 0.3) is 0 Å². The van der Waals surface area contributed by atoms with Crippen LogP contribution in [0.2, 0.25) is 5.02 Å². The monoisotopic (exact) mass is 217 g/mol. The van der Waals surface area contributed by atoms with Crippen LogP contribution >= 0.6 is 11.6 Å². The molecule has 0 radical (unpaired) electrons. The summed E-state index contributed by atoms with van der Waals surface area (Å²) in [5.74, 6) is 5.21. The van der Waals surface area contributed by atoms with Crippen LogP contribution in [0.1, 0.15) is 5.56 Å². The lowest BCUT2D eigenvalue weighted by Crippen LogP contribution is -2.04. The highest BCUT2D eigenvalue weighted by Gasteiger charge is 2.11. The second-order valence-electron chi connectivity index (χ2n) is 2.71. The fraction of sp³-hybridized carbons (Fsp3) is 0.333. The normalized spacial score (nSPS) is 10.2. The highest BCUT2D eigenvalue weighted by molar-refractivity contribution is 6.32. The number of phenolic OH excluding ortho intramolecular Hbond substituents is 1. The van der Waals surface area contributed by atoms with Crippen LogP contribution < -0.4 is 10.6 Å². The van der Waals surface area contributed by atoms with Crippen molar-refractivity contribution in [3.63, 3.8) is 0 Å². The molecule has 0 aliphatic heterocycles. The third kappa shape index (κ3) is 2.29. The van der Waals surface area contributed by atoms with Crippen LogP contribution in [0.15, 0.2) is 12.1 Å². The van der Waals surface area contributed by atoms with E-state index in [4.69, 9.17) is 22.2 Å². The summed E-state index contributed by atoms with van der Waals surface area (Å²) in [6.07, 6.45) is 0.510. The maximum absolute atomic E-state index is 9.69. The average Bonchev–Trinajstić information content (AvgIpc) is 2.18. The summed E-state index contributed by atoms with van der Waals surface area (Å²) in [6.45, 7) is 0.332. The predicted octanol–water partition coefficient (Wildman–Crippen LogP) is 1.49. The molecule has 0 aliphatic rings. The first-order chi connectivity index (χ1) is 6.70. The summed E-state index contributed by atoms with van der Waals surface area (Å²) in [6, 6.07) is 3.37. The second kappa shape index (κ2) is 5.05. The zero-order chi connectivity index (χ0) is 10.6. The quantitative estimate of drug-likeness (QED) is 0.750. The topological polar surface area (TPSA) is 64.7 Å². The van der Waals surface area contributed by atoms with E-state index in [1.807, 2.05) is 0 Å². The summed E-state index contributed by atoms with van der Waals surface area (Å²) in [4.78, 5) is 4.42. The first-order valence-corrected chi connectivity index (χ1v) is 4.44. The van der Waals surface area contributed by atoms with Gasteiger partial charge in [-0.25, -0.2) is 5.90 Å². The lowest BCUT2D eigenvalue weighted by atomic mass is 10.1. The number of nitrogens with two attached hydrogens (primary N) is 1. The van der Waals surface area contributed by atoms with E-state index in [1.54, 1.807) is 12.1 Å². The SMILES string of the molecule is COc1c(Cl)ccc(CCON)c1O. The van der Waals surface area contributed by atoms with E-state index in [0.717, 1.165) is 0 Å². The van der Waals surface area contributed by atoms with Gasteiger partial charge >= 0.3 is 0 Å². The van der Waals surface area contributed by atoms with Gasteiger partial charge in [-0.1, -0.05) is 17.7 Å². The van der Waals surface area contributed by atoms with Crippen LogP contribution in [0, 0.1) is 0 Å². The molecule has 5 heteroatoms. The van der Waals surface area contributed by atoms with Gasteiger partial charge in [0.05, 0.1) is 18.7 Å². The summed E-state index contributed by atoms with van der Waals surface area (Å²) >= 11 is 5.79. The zero-order valence-electron chi connectivity index (χ0n) is 7.79. The molecule has 3 N–H and O–H groups in total. The van der Waals surface area contributed by atoms with Gasteiger partial charge in [0.1, 0.15) is 0 Å². The molecule has 0 heterocycles. The lowest BCUT2D eigenvalue weighted by molar-refractivity contribution is 0.140. The van der Waals surface area contributed by atoms with Gasteiger partial charge in [0.2, 0.25) is 0 Å². The van der Waals surface area contributed by atoms with Crippen molar-refractivity contribution in [3.05, 3.63) is 22.7 Å². The first-order valence-electron chi connectivity index (χ1n) is 4.06. The number of rotatable bonds is 4. The molecule has 0 aliphatic carbocycles. The van der Waals surface area contributed by atoms with Crippen molar-refractivity contribution in [1.82, 2.24) is 0 Å². The standard InChI is InChI=1S/C9H12ClNO3/c1-13-9-7(10)3-2-6(8(9)12)4-5-14-11/h2-3,12H,4-5,11H2,1H3. The van der Waals surface area contributed by atoms with Crippen molar-refractivity contribution in [1.29, 1.82) is 0 Å². The van der Waals surface area contributed by atoms with Crippen LogP contribution in [-0.2, 0) is 11.3 Å². The van der Waals surface area contributed by atoms with Crippen molar-refractivity contribution >= 4 is 11.6 Å². The molecule has 0 saturated carbocycles. The Morgan fingerprint density at radius 2 is 2.21 bits per heavy atom. The van der Waals surface area contributed by atoms with E-state index in [2.05, 4.69) is 4.84 Å². The van der Waals surface area contributed by atoms with E-state index >= 15 is 0 Å². The van der Waals surface area contributed by atoms with Gasteiger partial charge in [0.15, 0.2) is 11.5 Å². The van der Waals surface area contributed by atoms with Crippen molar-refractivity contribution in [3.8, 4) is 11.5 Å². The zero-order valence-corrected chi connectivity index (χ0v) is 8.54. The van der Waals surface area contributed by atoms with Crippen LogP contribution in [0.5, 0.6) is 11.5 Å². The highest BCUT2D eigenvalue weighted by atomic mass is 35.5. The maximum atomic E-state index is 9.69. The average molecular weight is 218 g/mol. The Bertz CT molecular complexity index is 317. The number of aromatic hydroxyl groups is 1. The van der Waals surface area contributed by atoms with Gasteiger partial charge < -0.3 is 14.7 Å². The van der Waals surface area contributed by atoms with Gasteiger partial charge in [-0.15, -0.1) is 0 Å². The smallest absolute Gasteiger partial charge is 0.179 e. The summed E-state index contributed by atoms with van der Waals surface area (Å²) in [5, 5.41) is 10.1. The Morgan fingerprint density at radius 3 is 2.79 bits per heavy atom. The minimum atomic E-state index is 0.0389. The summed E-state index contributed by atoms with van der Waals surface area (Å²) in [7, 11) is 1.45. The van der Waals surface area contributed by atoms with Gasteiger partial charge in [0, 0.05) is 12.0 Å². The van der Waals surface area contributed by atoms with Crippen LogP contribution in [0.25, 0.3) is 0 Å². The molecule has 0 aromatic heterocycles. The molecule has 1 aromatic carbocycles. The van der Waals surface area contributed by atoms with E-state index in [-0.39, 0.29) is 11.5 Å². The van der Waals surface area contributed by atoms with Crippen LogP contribution in [-0.4, -0.2) is 18.8 Å². The molecule has 4 nitrogen and oxygen atoms in total. The molecule has 1 rings (SSSR count). The van der Waals surface area contributed by atoms with Crippen LogP contribution in [0.4, 0.5) is 0 Å². The fourth-order valence-corrected chi connectivity index (χ4v) is 1.38. The molecular formula is C9H12ClNO3. The molecule has 0 unspecified atom stereocenters. The summed E-state index contributed by atoms with van der Waals surface area (Å²) < 4.78 is 4.94. The van der Waals surface area contributed by atoms with Crippen molar-refractivity contribution in [2.45, 2.75) is 6.42 Å². The Kier molecular flexibility index (Phi) is 4.00. The number of hydrogen-bond acceptors (Lipinski definition) is 4. The molecule has 14 heavy (non-hydrogen) atoms. The Morgan fingerprint density at radius 1 is 1.50 bits per heavy atom. The summed E-state index contributed by atoms with van der Waals surface area (Å²) in [5.41, 5.74) is 0.691. The minimum absolute atomic E-state index is 0.0389. The molecule has 0 bridgehead atoms. The van der Waals surface area contributed by atoms with Crippen LogP contribution in [0.3, 0.4) is 0 Å². The van der Waals surface area contributed by atoms with Gasteiger partial charge in [-0.05, 0) is 6.07 Å². The Hall–Kier alpha value is -0.970. The predicted molar refractivity (Wildman–Crippen MR) is 53.5 cm³/mol. The van der Waals surface area contributed by atoms with Crippen molar-refractivity contribution < 1.29 is 14.7 Å². The molecule has 0 spiro atoms. The number of phenols is 1. The number of methoxy groups -OCH3 is 1. The third-order valence-electron chi connectivity index (χ3n) is 1.86. The Balaban J connectivity index is 2.96. The number of halogens is 1. The number of benzene rings is 1. The van der Waals surface area contributed by atoms with E-state index in [9.17, 15) is 5.11 Å². The minimum Gasteiger partial charge on any atom is -0.504 e. The highest BCUT2D eigenvalue weighted by Crippen LogP contribution is 2.36. The fourth-order valence-electron chi connectivity index (χ4n) is 1.15. The molecule has 0 amide bonds. The third-order valence-corrected chi connectivity index (χ3v) is 2.16. The maximum Gasteiger partial charge on any atom is 0.179 e. The first kappa shape index (κ1) is 11.1. The van der Waals surface area contributed by atoms with Gasteiger partial charge in [-0.2, -0.15) is 0 Å². The molecular weight excluding hydrogens is 206 g/mol. The molecule has 0 saturated heterocycles. The molecule has 0 atom stereocenters. The largest absolute Gasteiger partial charge is 0.504 e. The lowest BCUT2D eigenvalue weighted by Gasteiger charge is -2.09. The molecule has 1 aromatic rings. The van der Waals surface area contributed by atoms with E-state index in [0.29, 0.717) is 23.6 Å². The van der Waals surface area contributed by atoms with E-state index < -0.39 is 0 Å². The molecule has 0 fully saturated rings. The van der Waals surface area contributed by atoms with E-state index in [1.165, 1.54) is 7.11 Å². The van der Waals surface area contributed by atoms with Crippen molar-refractivity contribution in [2.24, 2.45) is 5.90 Å². The van der Waals surface area contributed by atoms with Gasteiger partial charge in [-0.3, -0.25) is 0 Å².